The molecular formula is C21H24F3N5O2S. The van der Waals surface area contributed by atoms with Gasteiger partial charge in [0.1, 0.15) is 0 Å². The lowest BCUT2D eigenvalue weighted by atomic mass is 9.97. The molecule has 2 aromatic rings. The van der Waals surface area contributed by atoms with Crippen LogP contribution in [0.4, 0.5) is 13.2 Å². The van der Waals surface area contributed by atoms with E-state index in [0.29, 0.717) is 24.6 Å². The van der Waals surface area contributed by atoms with E-state index in [1.165, 1.54) is 42.5 Å². The zero-order valence-corrected chi connectivity index (χ0v) is 18.1. The highest BCUT2D eigenvalue weighted by molar-refractivity contribution is 7.89. The number of halogens is 3. The number of nitrogens with one attached hydrogen (secondary N) is 1. The molecule has 0 radical (unpaired) electrons. The number of rotatable bonds is 8. The van der Waals surface area contributed by atoms with Crippen LogP contribution < -0.4 is 4.72 Å². The molecule has 1 fully saturated rings. The van der Waals surface area contributed by atoms with Crippen LogP contribution in [0.5, 0.6) is 0 Å². The van der Waals surface area contributed by atoms with Crippen molar-refractivity contribution < 1.29 is 21.6 Å². The largest absolute Gasteiger partial charge is 0.417 e. The van der Waals surface area contributed by atoms with Gasteiger partial charge in [-0.1, -0.05) is 35.4 Å². The van der Waals surface area contributed by atoms with Crippen LogP contribution in [0, 0.1) is 5.92 Å². The number of hydrogen-bond acceptors (Lipinski definition) is 4. The van der Waals surface area contributed by atoms with Crippen molar-refractivity contribution in [1.82, 2.24) is 9.62 Å². The van der Waals surface area contributed by atoms with Crippen molar-refractivity contribution in [2.24, 2.45) is 11.0 Å². The van der Waals surface area contributed by atoms with Gasteiger partial charge in [0.05, 0.1) is 10.5 Å². The Morgan fingerprint density at radius 3 is 2.38 bits per heavy atom. The predicted molar refractivity (Wildman–Crippen MR) is 115 cm³/mol. The molecular weight excluding hydrogens is 443 g/mol. The standard InChI is InChI=1S/C21H24F3N5O2S/c22-21(23,24)20-4-2-1-3-19(20)17-5-7-18(8-6-17)32(30,31)27-11-14-29-12-9-16(10-13-29)15-26-28-25/h1-8,16,27H,9-15H2. The second-order valence-corrected chi connectivity index (χ2v) is 9.43. The monoisotopic (exact) mass is 467 g/mol. The summed E-state index contributed by atoms with van der Waals surface area (Å²) in [5, 5.41) is 3.61. The van der Waals surface area contributed by atoms with Crippen LogP contribution in [0.3, 0.4) is 0 Å². The summed E-state index contributed by atoms with van der Waals surface area (Å²) in [5.41, 5.74) is 7.92. The number of alkyl halides is 3. The highest BCUT2D eigenvalue weighted by atomic mass is 32.2. The van der Waals surface area contributed by atoms with Gasteiger partial charge in [-0.2, -0.15) is 13.2 Å². The zero-order chi connectivity index (χ0) is 23.2. The number of likely N-dealkylation sites (tertiary alicyclic amines) is 1. The van der Waals surface area contributed by atoms with Crippen molar-refractivity contribution in [3.05, 3.63) is 64.5 Å². The van der Waals surface area contributed by atoms with Gasteiger partial charge in [0.2, 0.25) is 10.0 Å². The molecule has 0 unspecified atom stereocenters. The van der Waals surface area contributed by atoms with E-state index in [-0.39, 0.29) is 17.0 Å². The van der Waals surface area contributed by atoms with E-state index in [0.717, 1.165) is 32.0 Å². The van der Waals surface area contributed by atoms with Crippen LogP contribution in [0.15, 0.2) is 58.5 Å². The molecule has 1 aliphatic heterocycles. The Bertz CT molecular complexity index is 1060. The van der Waals surface area contributed by atoms with Gasteiger partial charge in [-0.25, -0.2) is 13.1 Å². The quantitative estimate of drug-likeness (QED) is 0.347. The maximum atomic E-state index is 13.2. The van der Waals surface area contributed by atoms with Crippen molar-refractivity contribution in [2.45, 2.75) is 23.9 Å². The summed E-state index contributed by atoms with van der Waals surface area (Å²) in [6.07, 6.45) is -2.71. The summed E-state index contributed by atoms with van der Waals surface area (Å²) in [5.74, 6) is 0.361. The van der Waals surface area contributed by atoms with Crippen LogP contribution >= 0.6 is 0 Å². The van der Waals surface area contributed by atoms with Crippen molar-refractivity contribution in [3.8, 4) is 11.1 Å². The molecule has 0 spiro atoms. The third-order valence-electron chi connectivity index (χ3n) is 5.54. The molecule has 2 aromatic carbocycles. The van der Waals surface area contributed by atoms with Gasteiger partial charge in [0.25, 0.3) is 0 Å². The topological polar surface area (TPSA) is 98.2 Å². The second kappa shape index (κ2) is 10.4. The molecule has 1 N–H and O–H groups in total. The van der Waals surface area contributed by atoms with Gasteiger partial charge in [-0.3, -0.25) is 0 Å². The van der Waals surface area contributed by atoms with Gasteiger partial charge < -0.3 is 4.90 Å². The number of azide groups is 1. The Kier molecular flexibility index (Phi) is 7.78. The van der Waals surface area contributed by atoms with E-state index in [2.05, 4.69) is 19.6 Å². The number of benzene rings is 2. The number of piperidine rings is 1. The summed E-state index contributed by atoms with van der Waals surface area (Å²) in [7, 11) is -3.78. The van der Waals surface area contributed by atoms with Crippen molar-refractivity contribution in [1.29, 1.82) is 0 Å². The minimum Gasteiger partial charge on any atom is -0.302 e. The number of nitrogens with zero attached hydrogens (tertiary/aromatic N) is 4. The summed E-state index contributed by atoms with van der Waals surface area (Å²) >= 11 is 0. The molecule has 0 amide bonds. The molecule has 0 bridgehead atoms. The molecule has 7 nitrogen and oxygen atoms in total. The molecule has 1 aliphatic rings. The van der Waals surface area contributed by atoms with E-state index in [9.17, 15) is 21.6 Å². The summed E-state index contributed by atoms with van der Waals surface area (Å²) in [6, 6.07) is 10.6. The molecule has 3 rings (SSSR count). The van der Waals surface area contributed by atoms with Gasteiger partial charge in [-0.05, 0) is 66.7 Å². The first-order chi connectivity index (χ1) is 15.2. The fraction of sp³-hybridized carbons (Fsp3) is 0.429. The van der Waals surface area contributed by atoms with Crippen LogP contribution in [0.1, 0.15) is 18.4 Å². The molecule has 0 atom stereocenters. The van der Waals surface area contributed by atoms with Gasteiger partial charge >= 0.3 is 6.18 Å². The Labute approximate surface area is 184 Å². The normalized spacial score (nSPS) is 16.0. The Morgan fingerprint density at radius 1 is 1.09 bits per heavy atom. The van der Waals surface area contributed by atoms with Crippen LogP contribution in [0.25, 0.3) is 21.6 Å². The van der Waals surface area contributed by atoms with Crippen molar-refractivity contribution in [2.75, 3.05) is 32.7 Å². The first-order valence-electron chi connectivity index (χ1n) is 10.2. The molecule has 0 saturated carbocycles. The van der Waals surface area contributed by atoms with Crippen molar-refractivity contribution in [3.63, 3.8) is 0 Å². The molecule has 32 heavy (non-hydrogen) atoms. The summed E-state index contributed by atoms with van der Waals surface area (Å²) < 4.78 is 67.4. The lowest BCUT2D eigenvalue weighted by Gasteiger charge is -2.31. The maximum Gasteiger partial charge on any atom is 0.417 e. The Hall–Kier alpha value is -2.59. The van der Waals surface area contributed by atoms with Gasteiger partial charge in [0, 0.05) is 24.5 Å². The van der Waals surface area contributed by atoms with Crippen LogP contribution in [0.2, 0.25) is 0 Å². The SMILES string of the molecule is [N-]=[N+]=NCC1CCN(CCNS(=O)(=O)c2ccc(-c3ccccc3C(F)(F)F)cc2)CC1. The third kappa shape index (κ3) is 6.23. The highest BCUT2D eigenvalue weighted by Gasteiger charge is 2.33. The fourth-order valence-electron chi connectivity index (χ4n) is 3.76. The minimum atomic E-state index is -4.50. The predicted octanol–water partition coefficient (Wildman–Crippen LogP) is 4.67. The first kappa shape index (κ1) is 24.1. The highest BCUT2D eigenvalue weighted by Crippen LogP contribution is 2.37. The van der Waals surface area contributed by atoms with Gasteiger partial charge in [-0.15, -0.1) is 0 Å². The molecule has 1 saturated heterocycles. The minimum absolute atomic E-state index is 0.000713. The lowest BCUT2D eigenvalue weighted by molar-refractivity contribution is -0.137. The average molecular weight is 468 g/mol. The van der Waals surface area contributed by atoms with E-state index in [1.807, 2.05) is 0 Å². The smallest absolute Gasteiger partial charge is 0.302 e. The molecule has 1 heterocycles. The van der Waals surface area contributed by atoms with Gasteiger partial charge in [0.15, 0.2) is 0 Å². The fourth-order valence-corrected chi connectivity index (χ4v) is 4.78. The van der Waals surface area contributed by atoms with Crippen molar-refractivity contribution >= 4 is 10.0 Å². The Morgan fingerprint density at radius 2 is 1.75 bits per heavy atom. The zero-order valence-electron chi connectivity index (χ0n) is 17.3. The number of sulfonamides is 1. The maximum absolute atomic E-state index is 13.2. The Balaban J connectivity index is 1.58. The lowest BCUT2D eigenvalue weighted by Crippen LogP contribution is -2.40. The van der Waals surface area contributed by atoms with Crippen LogP contribution in [-0.4, -0.2) is 46.0 Å². The molecule has 0 aliphatic carbocycles. The molecule has 11 heteroatoms. The van der Waals surface area contributed by atoms with E-state index >= 15 is 0 Å². The van der Waals surface area contributed by atoms with E-state index in [1.54, 1.807) is 0 Å². The van der Waals surface area contributed by atoms with Crippen LogP contribution in [-0.2, 0) is 16.2 Å². The van der Waals surface area contributed by atoms with E-state index in [4.69, 9.17) is 5.53 Å². The van der Waals surface area contributed by atoms with E-state index < -0.39 is 21.8 Å². The molecule has 0 aromatic heterocycles. The second-order valence-electron chi connectivity index (χ2n) is 7.66. The molecule has 172 valence electrons. The summed E-state index contributed by atoms with van der Waals surface area (Å²) in [4.78, 5) is 4.92. The summed E-state index contributed by atoms with van der Waals surface area (Å²) in [6.45, 7) is 2.87. The first-order valence-corrected chi connectivity index (χ1v) is 11.7. The number of hydrogen-bond donors (Lipinski definition) is 1. The average Bonchev–Trinajstić information content (AvgIpc) is 2.78. The third-order valence-corrected chi connectivity index (χ3v) is 7.02.